The molecule has 0 saturated heterocycles. The van der Waals surface area contributed by atoms with E-state index in [1.807, 2.05) is 0 Å². The highest BCUT2D eigenvalue weighted by molar-refractivity contribution is 6.39. The number of carbonyl (C=O) groups is 1. The van der Waals surface area contributed by atoms with Gasteiger partial charge in [-0.25, -0.2) is 9.79 Å². The van der Waals surface area contributed by atoms with Crippen LogP contribution >= 0.6 is 11.6 Å². The van der Waals surface area contributed by atoms with Crippen molar-refractivity contribution in [2.24, 2.45) is 4.99 Å². The van der Waals surface area contributed by atoms with E-state index in [9.17, 15) is 13.6 Å². The van der Waals surface area contributed by atoms with Crippen LogP contribution in [0, 0.1) is 0 Å². The van der Waals surface area contributed by atoms with Gasteiger partial charge in [0.15, 0.2) is 5.71 Å². The smallest absolute Gasteiger partial charge is 0.359 e. The average Bonchev–Trinajstić information content (AvgIpc) is 2.37. The number of rotatable bonds is 6. The standard InChI is InChI=1S/C14H14ClF2NO2/c1-3-9-14(16,17)12(13(19)20-4-2)18-11-7-5-10(15)6-8-11/h3,5-8H,1,4,9H2,2H3. The maximum atomic E-state index is 13.9. The Morgan fingerprint density at radius 1 is 1.45 bits per heavy atom. The topological polar surface area (TPSA) is 38.7 Å². The van der Waals surface area contributed by atoms with Gasteiger partial charge in [-0.3, -0.25) is 0 Å². The molecule has 0 radical (unpaired) electrons. The predicted molar refractivity (Wildman–Crippen MR) is 74.9 cm³/mol. The second kappa shape index (κ2) is 7.14. The first kappa shape index (κ1) is 16.3. The maximum Gasteiger partial charge on any atom is 0.359 e. The van der Waals surface area contributed by atoms with E-state index in [0.29, 0.717) is 5.02 Å². The molecule has 0 fully saturated rings. The highest BCUT2D eigenvalue weighted by Crippen LogP contribution is 2.25. The van der Waals surface area contributed by atoms with Crippen molar-refractivity contribution in [3.8, 4) is 0 Å². The summed E-state index contributed by atoms with van der Waals surface area (Å²) in [6, 6.07) is 5.86. The first-order valence-corrected chi connectivity index (χ1v) is 6.29. The van der Waals surface area contributed by atoms with Crippen LogP contribution in [0.1, 0.15) is 13.3 Å². The largest absolute Gasteiger partial charge is 0.461 e. The van der Waals surface area contributed by atoms with Crippen LogP contribution in [0.15, 0.2) is 41.9 Å². The van der Waals surface area contributed by atoms with Gasteiger partial charge in [0, 0.05) is 11.4 Å². The zero-order chi connectivity index (χ0) is 15.2. The lowest BCUT2D eigenvalue weighted by atomic mass is 10.1. The van der Waals surface area contributed by atoms with Gasteiger partial charge >= 0.3 is 5.97 Å². The molecule has 1 aromatic carbocycles. The van der Waals surface area contributed by atoms with Crippen molar-refractivity contribution in [3.63, 3.8) is 0 Å². The third-order valence-electron chi connectivity index (χ3n) is 2.28. The first-order chi connectivity index (χ1) is 9.40. The van der Waals surface area contributed by atoms with E-state index >= 15 is 0 Å². The summed E-state index contributed by atoms with van der Waals surface area (Å²) in [6.45, 7) is 4.77. The number of allylic oxidation sites excluding steroid dienone is 1. The highest BCUT2D eigenvalue weighted by Gasteiger charge is 2.40. The third-order valence-corrected chi connectivity index (χ3v) is 2.54. The summed E-state index contributed by atoms with van der Waals surface area (Å²) in [4.78, 5) is 15.3. The molecule has 108 valence electrons. The van der Waals surface area contributed by atoms with E-state index in [4.69, 9.17) is 11.6 Å². The summed E-state index contributed by atoms with van der Waals surface area (Å²) in [6.07, 6.45) is 0.328. The number of esters is 1. The van der Waals surface area contributed by atoms with Gasteiger partial charge in [-0.15, -0.1) is 6.58 Å². The summed E-state index contributed by atoms with van der Waals surface area (Å²) in [5.74, 6) is -4.58. The lowest BCUT2D eigenvalue weighted by molar-refractivity contribution is -0.136. The Morgan fingerprint density at radius 3 is 2.55 bits per heavy atom. The van der Waals surface area contributed by atoms with Crippen LogP contribution in [0.5, 0.6) is 0 Å². The van der Waals surface area contributed by atoms with Crippen LogP contribution in [0.3, 0.4) is 0 Å². The number of nitrogens with zero attached hydrogens (tertiary/aromatic N) is 1. The zero-order valence-corrected chi connectivity index (χ0v) is 11.7. The minimum absolute atomic E-state index is 0.0113. The molecule has 0 atom stereocenters. The van der Waals surface area contributed by atoms with Crippen LogP contribution < -0.4 is 0 Å². The molecule has 0 aliphatic carbocycles. The Kier molecular flexibility index (Phi) is 5.82. The van der Waals surface area contributed by atoms with Crippen molar-refractivity contribution in [3.05, 3.63) is 41.9 Å². The van der Waals surface area contributed by atoms with Gasteiger partial charge in [-0.1, -0.05) is 17.7 Å². The number of ether oxygens (including phenoxy) is 1. The Morgan fingerprint density at radius 2 is 2.05 bits per heavy atom. The molecule has 0 N–H and O–H groups in total. The molecule has 20 heavy (non-hydrogen) atoms. The van der Waals surface area contributed by atoms with Crippen molar-refractivity contribution in [2.75, 3.05) is 6.61 Å². The lowest BCUT2D eigenvalue weighted by Gasteiger charge is -2.16. The van der Waals surface area contributed by atoms with E-state index in [1.165, 1.54) is 31.2 Å². The molecule has 0 amide bonds. The summed E-state index contributed by atoms with van der Waals surface area (Å²) >= 11 is 5.70. The molecule has 1 rings (SSSR count). The predicted octanol–water partition coefficient (Wildman–Crippen LogP) is 4.19. The molecular formula is C14H14ClF2NO2. The number of hydrogen-bond acceptors (Lipinski definition) is 3. The monoisotopic (exact) mass is 301 g/mol. The summed E-state index contributed by atoms with van der Waals surface area (Å²) in [5.41, 5.74) is -0.747. The van der Waals surface area contributed by atoms with Crippen LogP contribution in [0.4, 0.5) is 14.5 Å². The number of aliphatic imine (C=N–C) groups is 1. The van der Waals surface area contributed by atoms with Crippen molar-refractivity contribution < 1.29 is 18.3 Å². The number of hydrogen-bond donors (Lipinski definition) is 0. The van der Waals surface area contributed by atoms with Crippen molar-refractivity contribution in [2.45, 2.75) is 19.3 Å². The fourth-order valence-corrected chi connectivity index (χ4v) is 1.52. The van der Waals surface area contributed by atoms with Gasteiger partial charge in [0.1, 0.15) is 0 Å². The molecule has 0 unspecified atom stereocenters. The van der Waals surface area contributed by atoms with Crippen molar-refractivity contribution >= 4 is 29.0 Å². The quantitative estimate of drug-likeness (QED) is 0.449. The molecule has 0 aromatic heterocycles. The zero-order valence-electron chi connectivity index (χ0n) is 10.9. The third kappa shape index (κ3) is 4.42. The van der Waals surface area contributed by atoms with Gasteiger partial charge in [0.05, 0.1) is 12.3 Å². The molecule has 6 heteroatoms. The van der Waals surface area contributed by atoms with Gasteiger partial charge in [-0.05, 0) is 31.2 Å². The first-order valence-electron chi connectivity index (χ1n) is 5.91. The Hall–Kier alpha value is -1.75. The van der Waals surface area contributed by atoms with Crippen LogP contribution in [-0.2, 0) is 9.53 Å². The second-order valence-corrected chi connectivity index (χ2v) is 4.29. The highest BCUT2D eigenvalue weighted by atomic mass is 35.5. The molecule has 0 spiro atoms. The maximum absolute atomic E-state index is 13.9. The van der Waals surface area contributed by atoms with Gasteiger partial charge in [-0.2, -0.15) is 8.78 Å². The fourth-order valence-electron chi connectivity index (χ4n) is 1.40. The van der Waals surface area contributed by atoms with E-state index < -0.39 is 24.0 Å². The number of benzene rings is 1. The molecule has 3 nitrogen and oxygen atoms in total. The minimum Gasteiger partial charge on any atom is -0.461 e. The normalized spacial score (nSPS) is 12.1. The van der Waals surface area contributed by atoms with E-state index in [2.05, 4.69) is 16.3 Å². The average molecular weight is 302 g/mol. The summed E-state index contributed by atoms with van der Waals surface area (Å²) < 4.78 is 32.4. The molecule has 0 saturated carbocycles. The Balaban J connectivity index is 3.19. The fraction of sp³-hybridized carbons (Fsp3) is 0.286. The van der Waals surface area contributed by atoms with Crippen molar-refractivity contribution in [1.29, 1.82) is 0 Å². The Labute approximate surface area is 120 Å². The van der Waals surface area contributed by atoms with E-state index in [1.54, 1.807) is 0 Å². The molecule has 0 bridgehead atoms. The molecular weight excluding hydrogens is 288 g/mol. The second-order valence-electron chi connectivity index (χ2n) is 3.85. The Bertz CT molecular complexity index is 512. The molecule has 0 aliphatic rings. The summed E-state index contributed by atoms with van der Waals surface area (Å²) in [7, 11) is 0. The van der Waals surface area contributed by atoms with E-state index in [-0.39, 0.29) is 12.3 Å². The number of halogens is 3. The number of carbonyl (C=O) groups excluding carboxylic acids is 1. The summed E-state index contributed by atoms with van der Waals surface area (Å²) in [5, 5.41) is 0.444. The van der Waals surface area contributed by atoms with Crippen molar-refractivity contribution in [1.82, 2.24) is 0 Å². The van der Waals surface area contributed by atoms with Crippen LogP contribution in [-0.4, -0.2) is 24.2 Å². The van der Waals surface area contributed by atoms with Gasteiger partial charge in [0.2, 0.25) is 0 Å². The van der Waals surface area contributed by atoms with Crippen LogP contribution in [0.2, 0.25) is 5.02 Å². The molecule has 1 aromatic rings. The number of alkyl halides is 2. The van der Waals surface area contributed by atoms with E-state index in [0.717, 1.165) is 6.08 Å². The van der Waals surface area contributed by atoms with Gasteiger partial charge < -0.3 is 4.74 Å². The lowest BCUT2D eigenvalue weighted by Crippen LogP contribution is -2.36. The van der Waals surface area contributed by atoms with Gasteiger partial charge in [0.25, 0.3) is 5.92 Å². The SMILES string of the molecule is C=CCC(F)(F)C(=Nc1ccc(Cl)cc1)C(=O)OCC. The molecule has 0 aliphatic heterocycles. The van der Waals surface area contributed by atoms with Crippen LogP contribution in [0.25, 0.3) is 0 Å². The molecule has 0 heterocycles. The minimum atomic E-state index is -3.44.